The molecule has 0 bridgehead atoms. The van der Waals surface area contributed by atoms with E-state index in [0.717, 1.165) is 12.5 Å². The van der Waals surface area contributed by atoms with Gasteiger partial charge in [0, 0.05) is 30.4 Å². The SMILES string of the molecule is CCCNc1ncc(C)c(Nc2cc(F)cc(F)c2F)n1. The van der Waals surface area contributed by atoms with E-state index in [1.165, 1.54) is 0 Å². The number of nitrogens with zero attached hydrogens (tertiary/aromatic N) is 2. The minimum atomic E-state index is -1.26. The Hall–Kier alpha value is -2.31. The van der Waals surface area contributed by atoms with Gasteiger partial charge in [-0.15, -0.1) is 0 Å². The zero-order chi connectivity index (χ0) is 15.4. The summed E-state index contributed by atoms with van der Waals surface area (Å²) < 4.78 is 40.0. The Balaban J connectivity index is 2.30. The molecule has 2 aromatic rings. The number of aromatic nitrogens is 2. The molecule has 0 saturated carbocycles. The Kier molecular flexibility index (Phi) is 4.62. The summed E-state index contributed by atoms with van der Waals surface area (Å²) in [7, 11) is 0. The molecule has 1 aromatic heterocycles. The van der Waals surface area contributed by atoms with Crippen molar-refractivity contribution in [2.45, 2.75) is 20.3 Å². The zero-order valence-electron chi connectivity index (χ0n) is 11.7. The summed E-state index contributed by atoms with van der Waals surface area (Å²) in [6, 6.07) is 1.36. The minimum absolute atomic E-state index is 0.285. The maximum Gasteiger partial charge on any atom is 0.224 e. The number of aryl methyl sites for hydroxylation is 1. The molecule has 4 nitrogen and oxygen atoms in total. The highest BCUT2D eigenvalue weighted by molar-refractivity contribution is 5.60. The van der Waals surface area contributed by atoms with Gasteiger partial charge in [-0.2, -0.15) is 4.98 Å². The lowest BCUT2D eigenvalue weighted by molar-refractivity contribution is 0.498. The van der Waals surface area contributed by atoms with Gasteiger partial charge < -0.3 is 10.6 Å². The van der Waals surface area contributed by atoms with Gasteiger partial charge in [0.25, 0.3) is 0 Å². The highest BCUT2D eigenvalue weighted by Crippen LogP contribution is 2.24. The van der Waals surface area contributed by atoms with Crippen LogP contribution in [0.1, 0.15) is 18.9 Å². The van der Waals surface area contributed by atoms with Crippen LogP contribution in [0.25, 0.3) is 0 Å². The van der Waals surface area contributed by atoms with Gasteiger partial charge in [0.15, 0.2) is 11.6 Å². The maximum absolute atomic E-state index is 13.6. The standard InChI is InChI=1S/C14H15F3N4/c1-3-4-18-14-19-7-8(2)13(21-14)20-11-6-9(15)5-10(16)12(11)17/h5-7H,3-4H2,1-2H3,(H2,18,19,20,21). The molecule has 0 spiro atoms. The largest absolute Gasteiger partial charge is 0.354 e. The number of nitrogens with one attached hydrogen (secondary N) is 2. The summed E-state index contributed by atoms with van der Waals surface area (Å²) in [5.74, 6) is -2.63. The van der Waals surface area contributed by atoms with Crippen molar-refractivity contribution in [3.8, 4) is 0 Å². The number of hydrogen-bond acceptors (Lipinski definition) is 4. The first-order chi connectivity index (χ1) is 10.0. The van der Waals surface area contributed by atoms with Gasteiger partial charge >= 0.3 is 0 Å². The lowest BCUT2D eigenvalue weighted by Crippen LogP contribution is -2.07. The number of rotatable bonds is 5. The average molecular weight is 296 g/mol. The van der Waals surface area contributed by atoms with Crippen molar-refractivity contribution in [1.82, 2.24) is 9.97 Å². The van der Waals surface area contributed by atoms with Gasteiger partial charge in [-0.3, -0.25) is 0 Å². The Bertz CT molecular complexity index is 646. The third-order valence-corrected chi connectivity index (χ3v) is 2.75. The summed E-state index contributed by atoms with van der Waals surface area (Å²) in [5, 5.41) is 5.57. The Morgan fingerprint density at radius 2 is 1.95 bits per heavy atom. The second-order valence-electron chi connectivity index (χ2n) is 4.53. The molecular formula is C14H15F3N4. The molecule has 0 radical (unpaired) electrons. The number of anilines is 3. The van der Waals surface area contributed by atoms with Crippen molar-refractivity contribution in [3.63, 3.8) is 0 Å². The van der Waals surface area contributed by atoms with Crippen molar-refractivity contribution >= 4 is 17.5 Å². The fraction of sp³-hybridized carbons (Fsp3) is 0.286. The Morgan fingerprint density at radius 1 is 1.19 bits per heavy atom. The summed E-state index contributed by atoms with van der Waals surface area (Å²) in [4.78, 5) is 8.23. The van der Waals surface area contributed by atoms with Crippen molar-refractivity contribution < 1.29 is 13.2 Å². The predicted molar refractivity (Wildman–Crippen MR) is 75.1 cm³/mol. The van der Waals surface area contributed by atoms with Crippen LogP contribution in [0.5, 0.6) is 0 Å². The molecule has 0 saturated heterocycles. The van der Waals surface area contributed by atoms with Crippen LogP contribution in [0.3, 0.4) is 0 Å². The maximum atomic E-state index is 13.6. The quantitative estimate of drug-likeness (QED) is 0.825. The van der Waals surface area contributed by atoms with Crippen LogP contribution in [0.4, 0.5) is 30.6 Å². The van der Waals surface area contributed by atoms with Gasteiger partial charge in [-0.05, 0) is 13.3 Å². The van der Waals surface area contributed by atoms with E-state index in [4.69, 9.17) is 0 Å². The number of halogens is 3. The molecule has 0 atom stereocenters. The highest BCUT2D eigenvalue weighted by Gasteiger charge is 2.13. The van der Waals surface area contributed by atoms with Gasteiger partial charge in [0.2, 0.25) is 5.95 Å². The number of hydrogen-bond donors (Lipinski definition) is 2. The third-order valence-electron chi connectivity index (χ3n) is 2.75. The second kappa shape index (κ2) is 6.43. The summed E-state index contributed by atoms with van der Waals surface area (Å²) in [6.07, 6.45) is 2.44. The smallest absolute Gasteiger partial charge is 0.224 e. The Morgan fingerprint density at radius 3 is 2.67 bits per heavy atom. The average Bonchev–Trinajstić information content (AvgIpc) is 2.45. The molecule has 1 heterocycles. The summed E-state index contributed by atoms with van der Waals surface area (Å²) >= 11 is 0. The first-order valence-electron chi connectivity index (χ1n) is 6.50. The first kappa shape index (κ1) is 15.1. The highest BCUT2D eigenvalue weighted by atomic mass is 19.2. The van der Waals surface area contributed by atoms with Crippen LogP contribution >= 0.6 is 0 Å². The van der Waals surface area contributed by atoms with Gasteiger partial charge in [-0.1, -0.05) is 6.92 Å². The second-order valence-corrected chi connectivity index (χ2v) is 4.53. The van der Waals surface area contributed by atoms with Crippen LogP contribution in [0.2, 0.25) is 0 Å². The van der Waals surface area contributed by atoms with Crippen LogP contribution in [0, 0.1) is 24.4 Å². The van der Waals surface area contributed by atoms with Crippen LogP contribution in [-0.2, 0) is 0 Å². The summed E-state index contributed by atoms with van der Waals surface area (Å²) in [6.45, 7) is 4.39. The molecule has 0 aliphatic rings. The van der Waals surface area contributed by atoms with E-state index in [2.05, 4.69) is 20.6 Å². The van der Waals surface area contributed by atoms with Gasteiger partial charge in [0.05, 0.1) is 5.69 Å². The first-order valence-corrected chi connectivity index (χ1v) is 6.50. The Labute approximate surface area is 120 Å². The van der Waals surface area contributed by atoms with Gasteiger partial charge in [-0.25, -0.2) is 18.2 Å². The summed E-state index contributed by atoms with van der Waals surface area (Å²) in [5.41, 5.74) is 0.317. The topological polar surface area (TPSA) is 49.8 Å². The van der Waals surface area contributed by atoms with E-state index < -0.39 is 17.5 Å². The van der Waals surface area contributed by atoms with E-state index in [9.17, 15) is 13.2 Å². The zero-order valence-corrected chi connectivity index (χ0v) is 11.7. The lowest BCUT2D eigenvalue weighted by atomic mass is 10.2. The molecule has 21 heavy (non-hydrogen) atoms. The van der Waals surface area contributed by atoms with Crippen molar-refractivity contribution in [3.05, 3.63) is 41.3 Å². The molecule has 2 rings (SSSR count). The number of benzene rings is 1. The molecular weight excluding hydrogens is 281 g/mol. The molecule has 1 aromatic carbocycles. The molecule has 0 aliphatic carbocycles. The van der Waals surface area contributed by atoms with Crippen molar-refractivity contribution in [2.24, 2.45) is 0 Å². The molecule has 0 unspecified atom stereocenters. The van der Waals surface area contributed by atoms with Crippen LogP contribution in [0.15, 0.2) is 18.3 Å². The van der Waals surface area contributed by atoms with E-state index >= 15 is 0 Å². The molecule has 7 heteroatoms. The molecule has 0 amide bonds. The molecule has 0 fully saturated rings. The van der Waals surface area contributed by atoms with E-state index in [-0.39, 0.29) is 11.5 Å². The van der Waals surface area contributed by atoms with E-state index in [1.54, 1.807) is 13.1 Å². The normalized spacial score (nSPS) is 10.5. The lowest BCUT2D eigenvalue weighted by Gasteiger charge is -2.11. The minimum Gasteiger partial charge on any atom is -0.354 e. The van der Waals surface area contributed by atoms with Crippen LogP contribution in [-0.4, -0.2) is 16.5 Å². The van der Waals surface area contributed by atoms with Crippen molar-refractivity contribution in [2.75, 3.05) is 17.2 Å². The van der Waals surface area contributed by atoms with E-state index in [0.29, 0.717) is 24.1 Å². The fourth-order valence-corrected chi connectivity index (χ4v) is 1.67. The van der Waals surface area contributed by atoms with Crippen LogP contribution < -0.4 is 10.6 Å². The molecule has 0 aliphatic heterocycles. The molecule has 2 N–H and O–H groups in total. The van der Waals surface area contributed by atoms with E-state index in [1.807, 2.05) is 6.92 Å². The van der Waals surface area contributed by atoms with Gasteiger partial charge in [0.1, 0.15) is 11.6 Å². The fourth-order valence-electron chi connectivity index (χ4n) is 1.67. The monoisotopic (exact) mass is 296 g/mol. The van der Waals surface area contributed by atoms with Crippen molar-refractivity contribution in [1.29, 1.82) is 0 Å². The predicted octanol–water partition coefficient (Wildman–Crippen LogP) is 3.77. The third kappa shape index (κ3) is 3.62. The molecule has 112 valence electrons.